The number of hydrogen-bond donors (Lipinski definition) is 2. The van der Waals surface area contributed by atoms with Crippen molar-refractivity contribution in [1.82, 2.24) is 15.5 Å². The van der Waals surface area contributed by atoms with Crippen molar-refractivity contribution in [2.45, 2.75) is 18.6 Å². The van der Waals surface area contributed by atoms with Gasteiger partial charge in [-0.05, 0) is 6.42 Å². The molecule has 0 aromatic heterocycles. The summed E-state index contributed by atoms with van der Waals surface area (Å²) >= 11 is 0. The lowest BCUT2D eigenvalue weighted by atomic mass is 10.1. The van der Waals surface area contributed by atoms with E-state index < -0.39 is 17.8 Å². The molecule has 2 N–H and O–H groups in total. The molecule has 2 amide bonds. The molecule has 2 rings (SSSR count). The Kier molecular flexibility index (Phi) is 3.79. The number of nitrogens with one attached hydrogen (secondary N) is 2. The molecule has 0 bridgehead atoms. The number of carbonyl (C=O) groups is 2. The highest BCUT2D eigenvalue weighted by Gasteiger charge is 2.36. The topological polar surface area (TPSA) is 61.4 Å². The minimum atomic E-state index is -4.31. The van der Waals surface area contributed by atoms with Gasteiger partial charge in [-0.2, -0.15) is 13.2 Å². The molecule has 2 aliphatic rings. The lowest BCUT2D eigenvalue weighted by Crippen LogP contribution is -2.59. The fraction of sp³-hybridized carbons (Fsp3) is 0.636. The molecule has 0 aromatic carbocycles. The van der Waals surface area contributed by atoms with E-state index in [4.69, 9.17) is 0 Å². The van der Waals surface area contributed by atoms with Gasteiger partial charge in [-0.3, -0.25) is 14.9 Å². The fourth-order valence-electron chi connectivity index (χ4n) is 2.09. The van der Waals surface area contributed by atoms with Crippen LogP contribution in [0.1, 0.15) is 6.42 Å². The first kappa shape index (κ1) is 13.9. The zero-order valence-electron chi connectivity index (χ0n) is 10.1. The maximum absolute atomic E-state index is 12.4. The zero-order valence-corrected chi connectivity index (χ0v) is 10.1. The number of carbonyl (C=O) groups excluding carboxylic acids is 2. The second-order valence-corrected chi connectivity index (χ2v) is 4.50. The van der Waals surface area contributed by atoms with Crippen LogP contribution in [0.15, 0.2) is 11.6 Å². The van der Waals surface area contributed by atoms with Gasteiger partial charge in [0.15, 0.2) is 0 Å². The van der Waals surface area contributed by atoms with E-state index in [1.54, 1.807) is 0 Å². The van der Waals surface area contributed by atoms with E-state index in [0.717, 1.165) is 6.08 Å². The van der Waals surface area contributed by atoms with Crippen molar-refractivity contribution in [3.8, 4) is 0 Å². The largest absolute Gasteiger partial charge is 0.412 e. The number of nitrogens with zero attached hydrogens (tertiary/aromatic N) is 1. The van der Waals surface area contributed by atoms with E-state index in [9.17, 15) is 22.8 Å². The number of hydrogen-bond acceptors (Lipinski definition) is 3. The average Bonchev–Trinajstić information content (AvgIpc) is 2.38. The predicted octanol–water partition coefficient (Wildman–Crippen LogP) is -0.205. The molecule has 5 nitrogen and oxygen atoms in total. The summed E-state index contributed by atoms with van der Waals surface area (Å²) in [5.74, 6) is -0.473. The Morgan fingerprint density at radius 1 is 1.42 bits per heavy atom. The monoisotopic (exact) mass is 277 g/mol. The summed E-state index contributed by atoms with van der Waals surface area (Å²) in [7, 11) is 0. The molecule has 8 heteroatoms. The van der Waals surface area contributed by atoms with Crippen molar-refractivity contribution in [3.63, 3.8) is 0 Å². The molecule has 1 saturated heterocycles. The highest BCUT2D eigenvalue weighted by molar-refractivity contribution is 5.87. The lowest BCUT2D eigenvalue weighted by molar-refractivity contribution is -0.135. The van der Waals surface area contributed by atoms with Crippen LogP contribution in [0, 0.1) is 0 Å². The van der Waals surface area contributed by atoms with Crippen molar-refractivity contribution in [1.29, 1.82) is 0 Å². The first-order valence-electron chi connectivity index (χ1n) is 5.93. The molecule has 19 heavy (non-hydrogen) atoms. The maximum Gasteiger partial charge on any atom is 0.412 e. The van der Waals surface area contributed by atoms with Crippen molar-refractivity contribution >= 4 is 11.8 Å². The standard InChI is InChI=1S/C11H14F3N3O2/c12-11(13,14)7-1-3-17(4-2-7)10(19)8-5-16-9(18)6-15-8/h1,8,15H,2-6H2,(H,16,18). The Labute approximate surface area is 107 Å². The van der Waals surface area contributed by atoms with Gasteiger partial charge in [-0.25, -0.2) is 0 Å². The molecule has 2 heterocycles. The smallest absolute Gasteiger partial charge is 0.353 e. The van der Waals surface area contributed by atoms with Crippen LogP contribution >= 0.6 is 0 Å². The van der Waals surface area contributed by atoms with E-state index in [-0.39, 0.29) is 44.4 Å². The fourth-order valence-corrected chi connectivity index (χ4v) is 2.09. The van der Waals surface area contributed by atoms with E-state index in [0.29, 0.717) is 0 Å². The third kappa shape index (κ3) is 3.25. The molecule has 1 atom stereocenters. The average molecular weight is 277 g/mol. The van der Waals surface area contributed by atoms with Crippen LogP contribution in [-0.4, -0.2) is 55.1 Å². The summed E-state index contributed by atoms with van der Waals surface area (Å²) in [6.45, 7) is 0.230. The molecule has 2 aliphatic heterocycles. The zero-order chi connectivity index (χ0) is 14.0. The summed E-state index contributed by atoms with van der Waals surface area (Å²) < 4.78 is 37.3. The van der Waals surface area contributed by atoms with Gasteiger partial charge in [0.1, 0.15) is 6.04 Å². The second kappa shape index (κ2) is 5.20. The van der Waals surface area contributed by atoms with Gasteiger partial charge in [0.25, 0.3) is 0 Å². The Morgan fingerprint density at radius 2 is 2.16 bits per heavy atom. The van der Waals surface area contributed by atoms with Crippen molar-refractivity contribution < 1.29 is 22.8 Å². The highest BCUT2D eigenvalue weighted by atomic mass is 19.4. The quantitative estimate of drug-likeness (QED) is 0.652. The van der Waals surface area contributed by atoms with Crippen LogP contribution in [0.2, 0.25) is 0 Å². The second-order valence-electron chi connectivity index (χ2n) is 4.50. The molecule has 0 aromatic rings. The van der Waals surface area contributed by atoms with Crippen LogP contribution in [0.3, 0.4) is 0 Å². The molecule has 0 saturated carbocycles. The van der Waals surface area contributed by atoms with Gasteiger partial charge in [0.2, 0.25) is 11.8 Å². The van der Waals surface area contributed by atoms with Gasteiger partial charge < -0.3 is 10.2 Å². The number of halogens is 3. The van der Waals surface area contributed by atoms with E-state index in [2.05, 4.69) is 10.6 Å². The van der Waals surface area contributed by atoms with Crippen LogP contribution in [0.4, 0.5) is 13.2 Å². The molecule has 0 spiro atoms. The molecule has 0 radical (unpaired) electrons. The van der Waals surface area contributed by atoms with Gasteiger partial charge in [-0.1, -0.05) is 6.08 Å². The summed E-state index contributed by atoms with van der Waals surface area (Å²) in [6, 6.07) is -0.557. The van der Waals surface area contributed by atoms with E-state index in [1.807, 2.05) is 0 Å². The van der Waals surface area contributed by atoms with Gasteiger partial charge in [0.05, 0.1) is 6.54 Å². The van der Waals surface area contributed by atoms with Crippen molar-refractivity contribution in [2.24, 2.45) is 0 Å². The van der Waals surface area contributed by atoms with Crippen LogP contribution in [0.25, 0.3) is 0 Å². The van der Waals surface area contributed by atoms with Gasteiger partial charge in [-0.15, -0.1) is 0 Å². The molecular formula is C11H14F3N3O2. The van der Waals surface area contributed by atoms with Crippen molar-refractivity contribution in [2.75, 3.05) is 26.2 Å². The SMILES string of the molecule is O=C1CNC(C(=O)N2CC=C(C(F)(F)F)CC2)CN1. The predicted molar refractivity (Wildman–Crippen MR) is 60.1 cm³/mol. The third-order valence-electron chi connectivity index (χ3n) is 3.20. The molecule has 1 unspecified atom stereocenters. The van der Waals surface area contributed by atoms with Crippen LogP contribution < -0.4 is 10.6 Å². The molecule has 106 valence electrons. The number of rotatable bonds is 1. The Bertz CT molecular complexity index is 410. The minimum absolute atomic E-state index is 0.0419. The molecule has 1 fully saturated rings. The molecular weight excluding hydrogens is 263 g/mol. The van der Waals surface area contributed by atoms with Crippen LogP contribution in [-0.2, 0) is 9.59 Å². The van der Waals surface area contributed by atoms with Gasteiger partial charge >= 0.3 is 6.18 Å². The van der Waals surface area contributed by atoms with E-state index in [1.165, 1.54) is 4.90 Å². The summed E-state index contributed by atoms with van der Waals surface area (Å²) in [5.41, 5.74) is -0.582. The normalized spacial score (nSPS) is 24.8. The Hall–Kier alpha value is -1.57. The van der Waals surface area contributed by atoms with E-state index >= 15 is 0 Å². The van der Waals surface area contributed by atoms with Crippen LogP contribution in [0.5, 0.6) is 0 Å². The summed E-state index contributed by atoms with van der Waals surface area (Å²) in [5, 5.41) is 5.30. The lowest BCUT2D eigenvalue weighted by Gasteiger charge is -2.32. The number of alkyl halides is 3. The van der Waals surface area contributed by atoms with Gasteiger partial charge in [0, 0.05) is 25.2 Å². The number of amides is 2. The maximum atomic E-state index is 12.4. The third-order valence-corrected chi connectivity index (χ3v) is 3.20. The first-order valence-corrected chi connectivity index (χ1v) is 5.93. The van der Waals surface area contributed by atoms with Crippen molar-refractivity contribution in [3.05, 3.63) is 11.6 Å². The Morgan fingerprint density at radius 3 is 2.63 bits per heavy atom. The minimum Gasteiger partial charge on any atom is -0.353 e. The summed E-state index contributed by atoms with van der Waals surface area (Å²) in [4.78, 5) is 24.3. The summed E-state index contributed by atoms with van der Waals surface area (Å²) in [6.07, 6.45) is -3.46. The molecule has 0 aliphatic carbocycles. The Balaban J connectivity index is 1.92. The first-order chi connectivity index (χ1) is 8.88. The highest BCUT2D eigenvalue weighted by Crippen LogP contribution is 2.30. The number of piperazine rings is 1.